The summed E-state index contributed by atoms with van der Waals surface area (Å²) in [7, 11) is 0. The highest BCUT2D eigenvalue weighted by Crippen LogP contribution is 2.45. The first kappa shape index (κ1) is 12.1. The summed E-state index contributed by atoms with van der Waals surface area (Å²) in [6.07, 6.45) is 3.88. The van der Waals surface area contributed by atoms with Crippen LogP contribution in [0, 0.1) is 11.3 Å². The van der Waals surface area contributed by atoms with Crippen molar-refractivity contribution in [1.82, 2.24) is 5.32 Å². The van der Waals surface area contributed by atoms with Gasteiger partial charge in [0.15, 0.2) is 0 Å². The molecule has 0 saturated heterocycles. The summed E-state index contributed by atoms with van der Waals surface area (Å²) >= 11 is 0. The quantitative estimate of drug-likeness (QED) is 0.693. The maximum absolute atomic E-state index is 12.1. The first-order valence-corrected chi connectivity index (χ1v) is 6.95. The van der Waals surface area contributed by atoms with Crippen LogP contribution in [0.5, 0.6) is 5.75 Å². The first-order chi connectivity index (χ1) is 10.1. The Morgan fingerprint density at radius 2 is 1.95 bits per heavy atom. The van der Waals surface area contributed by atoms with Gasteiger partial charge in [-0.2, -0.15) is 0 Å². The van der Waals surface area contributed by atoms with E-state index in [1.165, 1.54) is 0 Å². The largest absolute Gasteiger partial charge is 0.507 e. The average Bonchev–Trinajstić information content (AvgIpc) is 2.49. The van der Waals surface area contributed by atoms with Gasteiger partial charge >= 0.3 is 0 Å². The predicted molar refractivity (Wildman–Crippen MR) is 81.5 cm³/mol. The Balaban J connectivity index is 2.23. The molecule has 0 radical (unpaired) electrons. The van der Waals surface area contributed by atoms with Crippen molar-refractivity contribution in [2.75, 3.05) is 0 Å². The van der Waals surface area contributed by atoms with E-state index >= 15 is 0 Å². The van der Waals surface area contributed by atoms with Gasteiger partial charge in [-0.1, -0.05) is 43.3 Å². The van der Waals surface area contributed by atoms with Crippen LogP contribution in [-0.4, -0.2) is 16.7 Å². The molecule has 4 rings (SSSR count). The van der Waals surface area contributed by atoms with Crippen LogP contribution in [-0.2, 0) is 4.79 Å². The minimum Gasteiger partial charge on any atom is -0.507 e. The van der Waals surface area contributed by atoms with Crippen molar-refractivity contribution >= 4 is 28.5 Å². The molecule has 2 aromatic carbocycles. The van der Waals surface area contributed by atoms with Gasteiger partial charge in [-0.05, 0) is 16.9 Å². The number of aromatic hydroxyl groups is 1. The molecule has 2 unspecified atom stereocenters. The zero-order valence-electron chi connectivity index (χ0n) is 11.5. The molecule has 0 spiro atoms. The van der Waals surface area contributed by atoms with Crippen LogP contribution in [0.25, 0.3) is 16.8 Å². The van der Waals surface area contributed by atoms with Crippen LogP contribution >= 0.6 is 0 Å². The molecule has 3 N–H and O–H groups in total. The second-order valence-electron chi connectivity index (χ2n) is 5.64. The van der Waals surface area contributed by atoms with E-state index in [2.05, 4.69) is 5.32 Å². The summed E-state index contributed by atoms with van der Waals surface area (Å²) in [4.78, 5) is 12.1. The molecular formula is C17H14N2O2. The smallest absolute Gasteiger partial charge is 0.270 e. The molecule has 4 nitrogen and oxygen atoms in total. The average molecular weight is 278 g/mol. The summed E-state index contributed by atoms with van der Waals surface area (Å²) in [5, 5.41) is 23.1. The third kappa shape index (κ3) is 1.44. The maximum atomic E-state index is 12.1. The fourth-order valence-corrected chi connectivity index (χ4v) is 3.37. The number of phenols is 1. The highest BCUT2D eigenvalue weighted by Gasteiger charge is 2.37. The van der Waals surface area contributed by atoms with Crippen LogP contribution in [0.1, 0.15) is 29.7 Å². The number of rotatable bonds is 0. The van der Waals surface area contributed by atoms with E-state index in [1.54, 1.807) is 0 Å². The Labute approximate surface area is 121 Å². The molecule has 0 saturated carbocycles. The normalized spacial score (nSPS) is 23.1. The third-order valence-corrected chi connectivity index (χ3v) is 4.43. The van der Waals surface area contributed by atoms with Gasteiger partial charge in [0.25, 0.3) is 5.91 Å². The lowest BCUT2D eigenvalue weighted by Gasteiger charge is -2.35. The molecule has 1 aliphatic heterocycles. The number of phenolic OH excluding ortho intramolecular Hbond substituents is 1. The van der Waals surface area contributed by atoms with Gasteiger partial charge < -0.3 is 10.4 Å². The van der Waals surface area contributed by atoms with Crippen LogP contribution in [0.3, 0.4) is 0 Å². The predicted octanol–water partition coefficient (Wildman–Crippen LogP) is 2.75. The summed E-state index contributed by atoms with van der Waals surface area (Å²) in [6.45, 7) is 2.02. The standard InChI is InChI=1S/C17H14N2O2/c1-8-6-7-11-13-12(14(18)17(21)19-15(8)13)9-4-2-3-5-10(9)16(11)20/h2-8,15,18,20H,1H3,(H,19,21). The molecule has 2 aromatic rings. The Hall–Kier alpha value is -2.62. The molecule has 2 aliphatic rings. The highest BCUT2D eigenvalue weighted by atomic mass is 16.3. The summed E-state index contributed by atoms with van der Waals surface area (Å²) in [5.41, 5.74) is 2.21. The monoisotopic (exact) mass is 278 g/mol. The Kier molecular flexibility index (Phi) is 2.28. The van der Waals surface area contributed by atoms with E-state index in [9.17, 15) is 9.90 Å². The van der Waals surface area contributed by atoms with Crippen molar-refractivity contribution < 1.29 is 9.90 Å². The number of hydrogen-bond donors (Lipinski definition) is 3. The third-order valence-electron chi connectivity index (χ3n) is 4.43. The lowest BCUT2D eigenvalue weighted by molar-refractivity contribution is -0.116. The van der Waals surface area contributed by atoms with E-state index in [0.29, 0.717) is 10.9 Å². The maximum Gasteiger partial charge on any atom is 0.270 e. The van der Waals surface area contributed by atoms with Crippen LogP contribution in [0.4, 0.5) is 0 Å². The summed E-state index contributed by atoms with van der Waals surface area (Å²) in [6, 6.07) is 7.21. The minimum atomic E-state index is -0.351. The number of nitrogens with one attached hydrogen (secondary N) is 2. The molecule has 1 amide bonds. The Bertz CT molecular complexity index is 851. The van der Waals surface area contributed by atoms with Crippen molar-refractivity contribution in [1.29, 1.82) is 5.41 Å². The second-order valence-corrected chi connectivity index (χ2v) is 5.64. The van der Waals surface area contributed by atoms with Crippen LogP contribution < -0.4 is 5.32 Å². The fourth-order valence-electron chi connectivity index (χ4n) is 3.37. The lowest BCUT2D eigenvalue weighted by atomic mass is 9.77. The van der Waals surface area contributed by atoms with Gasteiger partial charge in [0.05, 0.1) is 6.04 Å². The Morgan fingerprint density at radius 1 is 1.24 bits per heavy atom. The highest BCUT2D eigenvalue weighted by molar-refractivity contribution is 6.47. The molecule has 4 heteroatoms. The van der Waals surface area contributed by atoms with Gasteiger partial charge in [0.2, 0.25) is 0 Å². The van der Waals surface area contributed by atoms with Crippen molar-refractivity contribution in [2.24, 2.45) is 5.92 Å². The van der Waals surface area contributed by atoms with Crippen LogP contribution in [0.15, 0.2) is 30.3 Å². The van der Waals surface area contributed by atoms with Gasteiger partial charge in [0, 0.05) is 16.5 Å². The van der Waals surface area contributed by atoms with Gasteiger partial charge in [-0.15, -0.1) is 0 Å². The molecule has 2 atom stereocenters. The topological polar surface area (TPSA) is 73.2 Å². The van der Waals surface area contributed by atoms with Crippen LogP contribution in [0.2, 0.25) is 0 Å². The minimum absolute atomic E-state index is 0.0267. The van der Waals surface area contributed by atoms with Crippen molar-refractivity contribution in [2.45, 2.75) is 13.0 Å². The number of amides is 1. The number of carbonyl (C=O) groups is 1. The first-order valence-electron chi connectivity index (χ1n) is 6.95. The molecule has 104 valence electrons. The second kappa shape index (κ2) is 3.95. The Morgan fingerprint density at radius 3 is 2.71 bits per heavy atom. The molecule has 21 heavy (non-hydrogen) atoms. The molecule has 1 aliphatic carbocycles. The van der Waals surface area contributed by atoms with E-state index in [1.807, 2.05) is 43.3 Å². The lowest BCUT2D eigenvalue weighted by Crippen LogP contribution is -2.43. The van der Waals surface area contributed by atoms with Crippen molar-refractivity contribution in [3.05, 3.63) is 47.0 Å². The summed E-state index contributed by atoms with van der Waals surface area (Å²) < 4.78 is 0. The molecule has 0 aromatic heterocycles. The zero-order chi connectivity index (χ0) is 14.7. The van der Waals surface area contributed by atoms with Gasteiger partial charge in [0.1, 0.15) is 11.5 Å². The number of benzene rings is 2. The number of hydrogen-bond acceptors (Lipinski definition) is 3. The SMILES string of the molecule is CC1C=Cc2c3c(c4ccccc4c2O)C(=N)C(=O)NC31. The molecule has 0 fully saturated rings. The fraction of sp³-hybridized carbons (Fsp3) is 0.176. The van der Waals surface area contributed by atoms with Gasteiger partial charge in [-0.25, -0.2) is 0 Å². The summed E-state index contributed by atoms with van der Waals surface area (Å²) in [5.74, 6) is 0.00625. The van der Waals surface area contributed by atoms with E-state index in [-0.39, 0.29) is 29.3 Å². The molecule has 1 heterocycles. The van der Waals surface area contributed by atoms with E-state index < -0.39 is 0 Å². The van der Waals surface area contributed by atoms with Gasteiger partial charge in [-0.3, -0.25) is 10.2 Å². The number of carbonyl (C=O) groups excluding carboxylic acids is 1. The van der Waals surface area contributed by atoms with Crippen molar-refractivity contribution in [3.63, 3.8) is 0 Å². The van der Waals surface area contributed by atoms with E-state index in [0.717, 1.165) is 16.5 Å². The molecule has 0 bridgehead atoms. The number of fused-ring (bicyclic) bond motifs is 2. The van der Waals surface area contributed by atoms with E-state index in [4.69, 9.17) is 5.41 Å². The van der Waals surface area contributed by atoms with Crippen molar-refractivity contribution in [3.8, 4) is 5.75 Å². The molecular weight excluding hydrogens is 264 g/mol. The zero-order valence-corrected chi connectivity index (χ0v) is 11.5.